The van der Waals surface area contributed by atoms with Gasteiger partial charge in [-0.1, -0.05) is 6.92 Å². The number of carbonyl (C=O) groups excluding carboxylic acids is 2. The van der Waals surface area contributed by atoms with Gasteiger partial charge in [0.1, 0.15) is 0 Å². The van der Waals surface area contributed by atoms with Crippen LogP contribution in [0.15, 0.2) is 0 Å². The molecule has 4 fully saturated rings. The van der Waals surface area contributed by atoms with Gasteiger partial charge in [0.2, 0.25) is 5.91 Å². The van der Waals surface area contributed by atoms with Crippen LogP contribution in [0.4, 0.5) is 4.79 Å². The van der Waals surface area contributed by atoms with Crippen LogP contribution in [0.2, 0.25) is 0 Å². The van der Waals surface area contributed by atoms with Crippen LogP contribution in [0.1, 0.15) is 58.8 Å². The number of nitrogens with zero attached hydrogens (tertiary/aromatic N) is 3. The molecule has 146 valence electrons. The second-order valence-corrected chi connectivity index (χ2v) is 8.77. The molecule has 1 atom stereocenters. The van der Waals surface area contributed by atoms with E-state index in [0.29, 0.717) is 36.1 Å². The van der Waals surface area contributed by atoms with Gasteiger partial charge < -0.3 is 19.4 Å². The fraction of sp³-hybridized carbons (Fsp3) is 0.900. The van der Waals surface area contributed by atoms with Gasteiger partial charge in [0.05, 0.1) is 6.61 Å². The van der Waals surface area contributed by atoms with E-state index < -0.39 is 0 Å². The first kappa shape index (κ1) is 18.1. The van der Waals surface area contributed by atoms with E-state index in [9.17, 15) is 9.59 Å². The first-order valence-electron chi connectivity index (χ1n) is 10.5. The number of carbonyl (C=O) groups is 2. The lowest BCUT2D eigenvalue weighted by Crippen LogP contribution is -2.61. The van der Waals surface area contributed by atoms with Crippen molar-refractivity contribution in [2.24, 2.45) is 5.41 Å². The number of likely N-dealkylation sites (tertiary alicyclic amines) is 3. The quantitative estimate of drug-likeness (QED) is 0.720. The largest absolute Gasteiger partial charge is 0.450 e. The highest BCUT2D eigenvalue weighted by Gasteiger charge is 2.52. The molecule has 3 saturated heterocycles. The number of hydrogen-bond donors (Lipinski definition) is 0. The minimum Gasteiger partial charge on any atom is -0.450 e. The Balaban J connectivity index is 1.23. The highest BCUT2D eigenvalue weighted by molar-refractivity contribution is 5.83. The van der Waals surface area contributed by atoms with Crippen molar-refractivity contribution in [3.63, 3.8) is 0 Å². The van der Waals surface area contributed by atoms with E-state index in [2.05, 4.69) is 16.7 Å². The van der Waals surface area contributed by atoms with Gasteiger partial charge in [-0.05, 0) is 50.9 Å². The van der Waals surface area contributed by atoms with Crippen molar-refractivity contribution in [1.82, 2.24) is 14.7 Å². The molecule has 26 heavy (non-hydrogen) atoms. The monoisotopic (exact) mass is 363 g/mol. The summed E-state index contributed by atoms with van der Waals surface area (Å²) in [6.07, 6.45) is 7.52. The van der Waals surface area contributed by atoms with Crippen molar-refractivity contribution in [2.45, 2.75) is 76.9 Å². The smallest absolute Gasteiger partial charge is 0.409 e. The van der Waals surface area contributed by atoms with E-state index in [4.69, 9.17) is 4.74 Å². The minimum atomic E-state index is -0.140. The summed E-state index contributed by atoms with van der Waals surface area (Å²) in [5.74, 6) is 0.364. The van der Waals surface area contributed by atoms with Gasteiger partial charge in [0.15, 0.2) is 0 Å². The van der Waals surface area contributed by atoms with Crippen LogP contribution in [0.5, 0.6) is 0 Å². The summed E-state index contributed by atoms with van der Waals surface area (Å²) in [6.45, 7) is 8.47. The van der Waals surface area contributed by atoms with Gasteiger partial charge in [-0.25, -0.2) is 4.79 Å². The van der Waals surface area contributed by atoms with Gasteiger partial charge in [0, 0.05) is 50.7 Å². The van der Waals surface area contributed by atoms with E-state index in [1.807, 2.05) is 11.8 Å². The fourth-order valence-electron chi connectivity index (χ4n) is 5.71. The molecule has 0 aromatic heterocycles. The Morgan fingerprint density at radius 1 is 1.15 bits per heavy atom. The average Bonchev–Trinajstić information content (AvgIpc) is 3.05. The molecule has 3 aliphatic heterocycles. The summed E-state index contributed by atoms with van der Waals surface area (Å²) >= 11 is 0. The summed E-state index contributed by atoms with van der Waals surface area (Å²) in [4.78, 5) is 30.6. The molecule has 0 aromatic rings. The van der Waals surface area contributed by atoms with Crippen molar-refractivity contribution in [3.05, 3.63) is 0 Å². The SMILES string of the molecule is CCOC(=O)N1CCC2(CC(N3CCC(N4C(=O)C[C@H]4CC)CC3)C2)C1. The van der Waals surface area contributed by atoms with Crippen molar-refractivity contribution in [2.75, 3.05) is 32.8 Å². The second-order valence-electron chi connectivity index (χ2n) is 8.77. The summed E-state index contributed by atoms with van der Waals surface area (Å²) in [7, 11) is 0. The van der Waals surface area contributed by atoms with Gasteiger partial charge >= 0.3 is 6.09 Å². The van der Waals surface area contributed by atoms with Crippen LogP contribution in [-0.4, -0.2) is 77.6 Å². The van der Waals surface area contributed by atoms with Gasteiger partial charge in [-0.15, -0.1) is 0 Å². The van der Waals surface area contributed by atoms with Gasteiger partial charge in [-0.3, -0.25) is 4.79 Å². The molecule has 2 amide bonds. The van der Waals surface area contributed by atoms with Gasteiger partial charge in [0.25, 0.3) is 0 Å². The second kappa shape index (κ2) is 7.02. The Bertz CT molecular complexity index is 553. The normalized spacial score (nSPS) is 35.5. The molecule has 6 heteroatoms. The van der Waals surface area contributed by atoms with E-state index in [0.717, 1.165) is 58.3 Å². The lowest BCUT2D eigenvalue weighted by molar-refractivity contribution is -0.152. The number of ether oxygens (including phenoxy) is 1. The average molecular weight is 364 g/mol. The first-order chi connectivity index (χ1) is 12.5. The van der Waals surface area contributed by atoms with E-state index in [1.165, 1.54) is 12.8 Å². The Morgan fingerprint density at radius 2 is 1.88 bits per heavy atom. The summed E-state index contributed by atoms with van der Waals surface area (Å²) in [5, 5.41) is 0. The molecule has 1 aliphatic carbocycles. The van der Waals surface area contributed by atoms with Crippen LogP contribution in [0.3, 0.4) is 0 Å². The third kappa shape index (κ3) is 3.10. The molecule has 1 saturated carbocycles. The predicted molar refractivity (Wildman–Crippen MR) is 98.8 cm³/mol. The molecule has 0 bridgehead atoms. The number of rotatable bonds is 4. The third-order valence-corrected chi connectivity index (χ3v) is 7.27. The van der Waals surface area contributed by atoms with Crippen molar-refractivity contribution in [3.8, 4) is 0 Å². The zero-order valence-electron chi connectivity index (χ0n) is 16.3. The summed E-state index contributed by atoms with van der Waals surface area (Å²) in [6, 6.07) is 1.64. The molecule has 3 heterocycles. The fourth-order valence-corrected chi connectivity index (χ4v) is 5.71. The zero-order chi connectivity index (χ0) is 18.3. The molecule has 0 unspecified atom stereocenters. The molecule has 0 N–H and O–H groups in total. The molecule has 6 nitrogen and oxygen atoms in total. The molecule has 4 aliphatic rings. The maximum absolute atomic E-state index is 12.0. The van der Waals surface area contributed by atoms with Crippen molar-refractivity contribution in [1.29, 1.82) is 0 Å². The maximum atomic E-state index is 12.0. The molecule has 4 rings (SSSR count). The Kier molecular flexibility index (Phi) is 4.88. The van der Waals surface area contributed by atoms with Crippen molar-refractivity contribution < 1.29 is 14.3 Å². The Hall–Kier alpha value is -1.30. The maximum Gasteiger partial charge on any atom is 0.409 e. The Labute approximate surface area is 156 Å². The van der Waals surface area contributed by atoms with Crippen LogP contribution in [-0.2, 0) is 9.53 Å². The Morgan fingerprint density at radius 3 is 2.50 bits per heavy atom. The van der Waals surface area contributed by atoms with E-state index in [-0.39, 0.29) is 6.09 Å². The lowest BCUT2D eigenvalue weighted by atomic mass is 9.64. The predicted octanol–water partition coefficient (Wildman–Crippen LogP) is 2.47. The highest BCUT2D eigenvalue weighted by atomic mass is 16.6. The molecule has 0 aromatic carbocycles. The number of β-lactam (4-membered cyclic amide) rings is 1. The molecular weight excluding hydrogens is 330 g/mol. The molecular formula is C20H33N3O3. The number of hydrogen-bond acceptors (Lipinski definition) is 4. The van der Waals surface area contributed by atoms with Crippen LogP contribution >= 0.6 is 0 Å². The van der Waals surface area contributed by atoms with E-state index in [1.54, 1.807) is 0 Å². The van der Waals surface area contributed by atoms with Gasteiger partial charge in [-0.2, -0.15) is 0 Å². The molecule has 0 radical (unpaired) electrons. The first-order valence-corrected chi connectivity index (χ1v) is 10.5. The number of piperidine rings is 1. The summed E-state index contributed by atoms with van der Waals surface area (Å²) in [5.41, 5.74) is 0.342. The third-order valence-electron chi connectivity index (χ3n) is 7.27. The van der Waals surface area contributed by atoms with Crippen LogP contribution in [0, 0.1) is 5.41 Å². The topological polar surface area (TPSA) is 53.1 Å². The van der Waals surface area contributed by atoms with Crippen molar-refractivity contribution >= 4 is 12.0 Å². The van der Waals surface area contributed by atoms with E-state index >= 15 is 0 Å². The zero-order valence-corrected chi connectivity index (χ0v) is 16.3. The minimum absolute atomic E-state index is 0.140. The standard InChI is InChI=1S/C20H33N3O3/c1-3-15-11-18(24)23(15)16-5-8-21(9-6-16)17-12-20(13-17)7-10-22(14-20)19(25)26-4-2/h15-17H,3-14H2,1-2H3/t15-,17?,20?/m1/s1. The highest BCUT2D eigenvalue weighted by Crippen LogP contribution is 2.50. The van der Waals surface area contributed by atoms with Crippen LogP contribution in [0.25, 0.3) is 0 Å². The summed E-state index contributed by atoms with van der Waals surface area (Å²) < 4.78 is 5.15. The lowest BCUT2D eigenvalue weighted by Gasteiger charge is -2.53. The van der Waals surface area contributed by atoms with Crippen LogP contribution < -0.4 is 0 Å². The number of amides is 2. The molecule has 1 spiro atoms.